The molecule has 0 radical (unpaired) electrons. The van der Waals surface area contributed by atoms with E-state index in [9.17, 15) is 14.7 Å². The molecule has 6 heteroatoms. The summed E-state index contributed by atoms with van der Waals surface area (Å²) in [6.07, 6.45) is -1.22. The Morgan fingerprint density at radius 3 is 2.41 bits per heavy atom. The average molecular weight is 303 g/mol. The maximum absolute atomic E-state index is 10.6. The lowest BCUT2D eigenvalue weighted by Gasteiger charge is -2.09. The molecule has 0 saturated heterocycles. The van der Waals surface area contributed by atoms with Crippen molar-refractivity contribution in [1.82, 2.24) is 0 Å². The summed E-state index contributed by atoms with van der Waals surface area (Å²) in [5, 5.41) is 26.5. The van der Waals surface area contributed by atoms with Gasteiger partial charge >= 0.3 is 11.9 Å². The fourth-order valence-corrected chi connectivity index (χ4v) is 1.92. The third-order valence-corrected chi connectivity index (χ3v) is 2.97. The van der Waals surface area contributed by atoms with Crippen LogP contribution in [-0.2, 0) is 16.0 Å². The van der Waals surface area contributed by atoms with Crippen molar-refractivity contribution in [3.63, 3.8) is 0 Å². The molecule has 1 aromatic carbocycles. The number of carbonyl (C=O) groups is 2. The number of aliphatic carboxylic acids is 2. The van der Waals surface area contributed by atoms with E-state index < -0.39 is 18.0 Å². The molecule has 0 saturated carbocycles. The van der Waals surface area contributed by atoms with E-state index in [0.717, 1.165) is 5.56 Å². The van der Waals surface area contributed by atoms with Crippen LogP contribution in [0.2, 0.25) is 0 Å². The number of rotatable bonds is 5. The number of benzene rings is 1. The van der Waals surface area contributed by atoms with Gasteiger partial charge in [0.05, 0.1) is 0 Å². The number of aliphatic hydroxyl groups is 1. The quantitative estimate of drug-likeness (QED) is 0.767. The van der Waals surface area contributed by atoms with E-state index in [-0.39, 0.29) is 12.0 Å². The molecule has 0 aliphatic heterocycles. The number of halogens is 1. The number of carboxylic acid groups (broad SMARTS) is 2. The van der Waals surface area contributed by atoms with Crippen LogP contribution < -0.4 is 0 Å². The first-order chi connectivity index (χ1) is 7.91. The lowest BCUT2D eigenvalue weighted by molar-refractivity contribution is -0.147. The Kier molecular flexibility index (Phi) is 4.65. The third-order valence-electron chi connectivity index (χ3n) is 2.23. The highest BCUT2D eigenvalue weighted by Gasteiger charge is 2.16. The van der Waals surface area contributed by atoms with E-state index in [2.05, 4.69) is 15.9 Å². The minimum absolute atomic E-state index is 0.000565. The van der Waals surface area contributed by atoms with Gasteiger partial charge in [0, 0.05) is 10.9 Å². The summed E-state index contributed by atoms with van der Waals surface area (Å²) in [5.74, 6) is -2.22. The second kappa shape index (κ2) is 5.79. The number of aryl methyl sites for hydroxylation is 1. The number of hydrogen-bond donors (Lipinski definition) is 3. The van der Waals surface area contributed by atoms with Crippen LogP contribution in [0.3, 0.4) is 0 Å². The molecule has 0 aromatic heterocycles. The Labute approximate surface area is 106 Å². The molecule has 0 heterocycles. The molecule has 1 aromatic rings. The summed E-state index contributed by atoms with van der Waals surface area (Å²) in [6, 6.07) is 4.56. The van der Waals surface area contributed by atoms with Crippen LogP contribution in [0.1, 0.15) is 23.7 Å². The van der Waals surface area contributed by atoms with Crippen molar-refractivity contribution in [2.24, 2.45) is 0 Å². The van der Waals surface area contributed by atoms with Gasteiger partial charge in [-0.1, -0.05) is 28.1 Å². The van der Waals surface area contributed by atoms with E-state index in [0.29, 0.717) is 10.9 Å². The van der Waals surface area contributed by atoms with Crippen LogP contribution in [-0.4, -0.2) is 27.3 Å². The van der Waals surface area contributed by atoms with Gasteiger partial charge in [-0.25, -0.2) is 4.79 Å². The van der Waals surface area contributed by atoms with E-state index >= 15 is 0 Å². The molecular formula is C11H11BrO5. The molecule has 3 N–H and O–H groups in total. The summed E-state index contributed by atoms with van der Waals surface area (Å²) in [4.78, 5) is 21.0. The van der Waals surface area contributed by atoms with E-state index in [1.807, 2.05) is 0 Å². The molecule has 1 unspecified atom stereocenters. The zero-order valence-electron chi connectivity index (χ0n) is 8.76. The highest BCUT2D eigenvalue weighted by atomic mass is 79.9. The fourth-order valence-electron chi connectivity index (χ4n) is 1.32. The van der Waals surface area contributed by atoms with E-state index in [1.165, 1.54) is 12.1 Å². The summed E-state index contributed by atoms with van der Waals surface area (Å²) in [6.45, 7) is 0. The smallest absolute Gasteiger partial charge is 0.337 e. The Morgan fingerprint density at radius 2 is 1.94 bits per heavy atom. The summed E-state index contributed by atoms with van der Waals surface area (Å²) in [7, 11) is 0. The van der Waals surface area contributed by atoms with Crippen LogP contribution in [0, 0.1) is 0 Å². The zero-order valence-corrected chi connectivity index (χ0v) is 10.3. The van der Waals surface area contributed by atoms with Crippen molar-refractivity contribution >= 4 is 27.9 Å². The Morgan fingerprint density at radius 1 is 1.29 bits per heavy atom. The molecule has 0 aliphatic carbocycles. The van der Waals surface area contributed by atoms with Gasteiger partial charge in [0.25, 0.3) is 0 Å². The molecule has 0 fully saturated rings. The molecule has 0 spiro atoms. The SMILES string of the molecule is O=C(O)CCc1ccc(C(O)C(=O)O)cc1Br. The van der Waals surface area contributed by atoms with Crippen LogP contribution in [0.15, 0.2) is 22.7 Å². The first kappa shape index (κ1) is 13.7. The van der Waals surface area contributed by atoms with Crippen LogP contribution in [0.4, 0.5) is 0 Å². The minimum atomic E-state index is -1.57. The van der Waals surface area contributed by atoms with Crippen LogP contribution in [0.5, 0.6) is 0 Å². The summed E-state index contributed by atoms with van der Waals surface area (Å²) in [5.41, 5.74) is 1.01. The topological polar surface area (TPSA) is 94.8 Å². The molecule has 5 nitrogen and oxygen atoms in total. The van der Waals surface area contributed by atoms with Gasteiger partial charge in [-0.05, 0) is 23.6 Å². The predicted octanol–water partition coefficient (Wildman–Crippen LogP) is 1.58. The van der Waals surface area contributed by atoms with Gasteiger partial charge in [-0.3, -0.25) is 4.79 Å². The second-order valence-corrected chi connectivity index (χ2v) is 4.34. The first-order valence-corrected chi connectivity index (χ1v) is 5.62. The lowest BCUT2D eigenvalue weighted by Crippen LogP contribution is -2.10. The summed E-state index contributed by atoms with van der Waals surface area (Å²) >= 11 is 3.22. The fraction of sp³-hybridized carbons (Fsp3) is 0.273. The second-order valence-electron chi connectivity index (χ2n) is 3.49. The Bertz CT molecular complexity index is 443. The Balaban J connectivity index is 2.86. The molecule has 0 amide bonds. The molecule has 0 bridgehead atoms. The number of carboxylic acids is 2. The van der Waals surface area contributed by atoms with Gasteiger partial charge < -0.3 is 15.3 Å². The molecular weight excluding hydrogens is 292 g/mol. The maximum Gasteiger partial charge on any atom is 0.337 e. The van der Waals surface area contributed by atoms with E-state index in [1.54, 1.807) is 6.07 Å². The zero-order chi connectivity index (χ0) is 13.0. The normalized spacial score (nSPS) is 12.1. The first-order valence-electron chi connectivity index (χ1n) is 4.83. The van der Waals surface area contributed by atoms with Gasteiger partial charge in [0.2, 0.25) is 0 Å². The number of hydrogen-bond acceptors (Lipinski definition) is 3. The molecule has 1 atom stereocenters. The molecule has 17 heavy (non-hydrogen) atoms. The standard InChI is InChI=1S/C11H11BrO5/c12-8-5-7(10(15)11(16)17)2-1-6(8)3-4-9(13)14/h1-2,5,10,15H,3-4H2,(H,13,14)(H,16,17). The van der Waals surface area contributed by atoms with Crippen molar-refractivity contribution < 1.29 is 24.9 Å². The third kappa shape index (κ3) is 3.83. The van der Waals surface area contributed by atoms with Gasteiger partial charge in [-0.15, -0.1) is 0 Å². The average Bonchev–Trinajstić information content (AvgIpc) is 2.26. The maximum atomic E-state index is 10.6. The van der Waals surface area contributed by atoms with Gasteiger partial charge in [0.15, 0.2) is 6.10 Å². The lowest BCUT2D eigenvalue weighted by atomic mass is 10.0. The van der Waals surface area contributed by atoms with Crippen molar-refractivity contribution in [2.75, 3.05) is 0 Å². The summed E-state index contributed by atoms with van der Waals surface area (Å²) < 4.78 is 0.594. The molecule has 1 rings (SSSR count). The Hall–Kier alpha value is -1.40. The van der Waals surface area contributed by atoms with Crippen molar-refractivity contribution in [1.29, 1.82) is 0 Å². The largest absolute Gasteiger partial charge is 0.481 e. The number of aliphatic hydroxyl groups excluding tert-OH is 1. The van der Waals surface area contributed by atoms with Crippen LogP contribution >= 0.6 is 15.9 Å². The van der Waals surface area contributed by atoms with Gasteiger partial charge in [-0.2, -0.15) is 0 Å². The molecule has 0 aliphatic rings. The van der Waals surface area contributed by atoms with Crippen LogP contribution in [0.25, 0.3) is 0 Å². The predicted molar refractivity (Wildman–Crippen MR) is 62.7 cm³/mol. The van der Waals surface area contributed by atoms with Gasteiger partial charge in [0.1, 0.15) is 0 Å². The van der Waals surface area contributed by atoms with Crippen molar-refractivity contribution in [3.05, 3.63) is 33.8 Å². The monoisotopic (exact) mass is 302 g/mol. The highest BCUT2D eigenvalue weighted by molar-refractivity contribution is 9.10. The van der Waals surface area contributed by atoms with E-state index in [4.69, 9.17) is 10.2 Å². The highest BCUT2D eigenvalue weighted by Crippen LogP contribution is 2.23. The minimum Gasteiger partial charge on any atom is -0.481 e. The van der Waals surface area contributed by atoms with Crippen molar-refractivity contribution in [2.45, 2.75) is 18.9 Å². The molecule has 92 valence electrons. The van der Waals surface area contributed by atoms with Crippen molar-refractivity contribution in [3.8, 4) is 0 Å².